The van der Waals surface area contributed by atoms with Crippen LogP contribution in [-0.2, 0) is 6.54 Å². The number of aryl methyl sites for hydroxylation is 1. The summed E-state index contributed by atoms with van der Waals surface area (Å²) >= 11 is 0. The van der Waals surface area contributed by atoms with E-state index in [1.165, 1.54) is 12.3 Å². The maximum Gasteiger partial charge on any atom is 0.264 e. The Morgan fingerprint density at radius 1 is 1.21 bits per heavy atom. The van der Waals surface area contributed by atoms with Gasteiger partial charge in [-0.25, -0.2) is 5.10 Å². The van der Waals surface area contributed by atoms with Crippen molar-refractivity contribution < 1.29 is 9.32 Å². The average molecular weight is 382 g/mol. The number of nitrogens with zero attached hydrogens (tertiary/aromatic N) is 5. The van der Waals surface area contributed by atoms with Gasteiger partial charge < -0.3 is 9.42 Å². The number of amides is 1. The first-order chi connectivity index (χ1) is 13.4. The SMILES string of the molecule is Cc1ccccc1-c1nc(CN(C)CCN(C)C(=O)c2cn[nH]c(=O)c2)no1. The molecule has 0 saturated heterocycles. The van der Waals surface area contributed by atoms with Gasteiger partial charge in [0.15, 0.2) is 5.82 Å². The molecule has 0 aliphatic heterocycles. The summed E-state index contributed by atoms with van der Waals surface area (Å²) in [5.74, 6) is 0.817. The highest BCUT2D eigenvalue weighted by molar-refractivity contribution is 5.93. The summed E-state index contributed by atoms with van der Waals surface area (Å²) in [7, 11) is 3.60. The van der Waals surface area contributed by atoms with Crippen LogP contribution in [0.3, 0.4) is 0 Å². The van der Waals surface area contributed by atoms with Crippen LogP contribution in [0.15, 0.2) is 45.8 Å². The van der Waals surface area contributed by atoms with Crippen molar-refractivity contribution in [3.05, 3.63) is 63.8 Å². The minimum absolute atomic E-state index is 0.256. The summed E-state index contributed by atoms with van der Waals surface area (Å²) in [5.41, 5.74) is 1.84. The normalized spacial score (nSPS) is 11.0. The van der Waals surface area contributed by atoms with Crippen molar-refractivity contribution in [2.75, 3.05) is 27.2 Å². The van der Waals surface area contributed by atoms with Crippen LogP contribution < -0.4 is 5.56 Å². The summed E-state index contributed by atoms with van der Waals surface area (Å²) in [6, 6.07) is 9.07. The predicted octanol–water partition coefficient (Wildman–Crippen LogP) is 1.33. The van der Waals surface area contributed by atoms with E-state index >= 15 is 0 Å². The molecule has 9 heteroatoms. The lowest BCUT2D eigenvalue weighted by Crippen LogP contribution is -2.35. The molecule has 0 saturated carbocycles. The summed E-state index contributed by atoms with van der Waals surface area (Å²) < 4.78 is 5.37. The Hall–Kier alpha value is -3.33. The van der Waals surface area contributed by atoms with Crippen LogP contribution in [0.4, 0.5) is 0 Å². The zero-order valence-electron chi connectivity index (χ0n) is 16.0. The van der Waals surface area contributed by atoms with E-state index in [0.29, 0.717) is 31.3 Å². The number of nitrogens with one attached hydrogen (secondary N) is 1. The molecule has 0 fully saturated rings. The van der Waals surface area contributed by atoms with Crippen molar-refractivity contribution in [3.63, 3.8) is 0 Å². The fraction of sp³-hybridized carbons (Fsp3) is 0.316. The number of H-pyrrole nitrogens is 1. The van der Waals surface area contributed by atoms with Gasteiger partial charge in [0.2, 0.25) is 0 Å². The molecule has 3 aromatic rings. The van der Waals surface area contributed by atoms with Crippen molar-refractivity contribution in [1.29, 1.82) is 0 Å². The number of benzene rings is 1. The van der Waals surface area contributed by atoms with E-state index in [2.05, 4.69) is 20.3 Å². The molecule has 0 spiro atoms. The van der Waals surface area contributed by atoms with Gasteiger partial charge in [-0.1, -0.05) is 23.4 Å². The zero-order chi connectivity index (χ0) is 20.1. The van der Waals surface area contributed by atoms with Crippen LogP contribution in [0.1, 0.15) is 21.7 Å². The Labute approximate surface area is 162 Å². The smallest absolute Gasteiger partial charge is 0.264 e. The van der Waals surface area contributed by atoms with Crippen molar-refractivity contribution >= 4 is 5.91 Å². The standard InChI is InChI=1S/C19H22N6O3/c1-13-6-4-5-7-15(13)18-21-16(23-28-18)12-24(2)8-9-25(3)19(27)14-10-17(26)22-20-11-14/h4-7,10-11H,8-9,12H2,1-3H3,(H,22,26). The van der Waals surface area contributed by atoms with Gasteiger partial charge in [-0.3, -0.25) is 14.5 Å². The Balaban J connectivity index is 1.55. The minimum atomic E-state index is -0.405. The van der Waals surface area contributed by atoms with Crippen molar-refractivity contribution in [3.8, 4) is 11.5 Å². The molecule has 2 aromatic heterocycles. The van der Waals surface area contributed by atoms with Crippen LogP contribution in [-0.4, -0.2) is 63.2 Å². The second kappa shape index (κ2) is 8.57. The van der Waals surface area contributed by atoms with E-state index < -0.39 is 5.56 Å². The van der Waals surface area contributed by atoms with E-state index in [-0.39, 0.29) is 11.5 Å². The van der Waals surface area contributed by atoms with Gasteiger partial charge in [0, 0.05) is 31.8 Å². The monoisotopic (exact) mass is 382 g/mol. The molecule has 9 nitrogen and oxygen atoms in total. The molecular formula is C19H22N6O3. The second-order valence-corrected chi connectivity index (χ2v) is 6.63. The summed E-state index contributed by atoms with van der Waals surface area (Å²) in [6.07, 6.45) is 1.34. The fourth-order valence-electron chi connectivity index (χ4n) is 2.70. The van der Waals surface area contributed by atoms with Gasteiger partial charge in [0.25, 0.3) is 17.4 Å². The van der Waals surface area contributed by atoms with Crippen molar-refractivity contribution in [2.24, 2.45) is 0 Å². The molecule has 2 heterocycles. The molecule has 28 heavy (non-hydrogen) atoms. The van der Waals surface area contributed by atoms with E-state index in [1.807, 2.05) is 43.1 Å². The highest BCUT2D eigenvalue weighted by Crippen LogP contribution is 2.21. The number of carbonyl (C=O) groups is 1. The first-order valence-corrected chi connectivity index (χ1v) is 8.81. The molecule has 146 valence electrons. The molecule has 0 aliphatic rings. The first-order valence-electron chi connectivity index (χ1n) is 8.81. The summed E-state index contributed by atoms with van der Waals surface area (Å²) in [4.78, 5) is 31.6. The van der Waals surface area contributed by atoms with Gasteiger partial charge in [-0.05, 0) is 25.6 Å². The van der Waals surface area contributed by atoms with Gasteiger partial charge in [-0.15, -0.1) is 0 Å². The topological polar surface area (TPSA) is 108 Å². The molecule has 1 N–H and O–H groups in total. The Morgan fingerprint density at radius 3 is 2.75 bits per heavy atom. The number of aromatic nitrogens is 4. The highest BCUT2D eigenvalue weighted by Gasteiger charge is 2.15. The molecule has 0 aliphatic carbocycles. The number of hydrogen-bond donors (Lipinski definition) is 1. The lowest BCUT2D eigenvalue weighted by Gasteiger charge is -2.21. The third-order valence-electron chi connectivity index (χ3n) is 4.33. The molecule has 3 rings (SSSR count). The largest absolute Gasteiger partial charge is 0.340 e. The molecule has 0 unspecified atom stereocenters. The molecule has 0 bridgehead atoms. The third kappa shape index (κ3) is 4.68. The van der Waals surface area contributed by atoms with Crippen LogP contribution in [0.2, 0.25) is 0 Å². The van der Waals surface area contributed by atoms with Crippen LogP contribution in [0, 0.1) is 6.92 Å². The lowest BCUT2D eigenvalue weighted by atomic mass is 10.1. The minimum Gasteiger partial charge on any atom is -0.340 e. The van der Waals surface area contributed by atoms with Crippen LogP contribution in [0.25, 0.3) is 11.5 Å². The predicted molar refractivity (Wildman–Crippen MR) is 103 cm³/mol. The Kier molecular flexibility index (Phi) is 5.95. The fourth-order valence-corrected chi connectivity index (χ4v) is 2.70. The zero-order valence-corrected chi connectivity index (χ0v) is 16.0. The lowest BCUT2D eigenvalue weighted by molar-refractivity contribution is 0.0780. The number of rotatable bonds is 7. The molecule has 0 atom stereocenters. The third-order valence-corrected chi connectivity index (χ3v) is 4.33. The van der Waals surface area contributed by atoms with Crippen LogP contribution >= 0.6 is 0 Å². The Morgan fingerprint density at radius 2 is 2.00 bits per heavy atom. The van der Waals surface area contributed by atoms with Gasteiger partial charge in [0.05, 0.1) is 18.3 Å². The van der Waals surface area contributed by atoms with E-state index in [1.54, 1.807) is 11.9 Å². The average Bonchev–Trinajstić information content (AvgIpc) is 3.14. The molecule has 1 aromatic carbocycles. The summed E-state index contributed by atoms with van der Waals surface area (Å²) in [5, 5.41) is 9.94. The highest BCUT2D eigenvalue weighted by atomic mass is 16.5. The molecular weight excluding hydrogens is 360 g/mol. The quantitative estimate of drug-likeness (QED) is 0.657. The number of carbonyl (C=O) groups excluding carboxylic acids is 1. The Bertz CT molecular complexity index is 1010. The maximum absolute atomic E-state index is 12.3. The van der Waals surface area contributed by atoms with Gasteiger partial charge in [0.1, 0.15) is 0 Å². The number of aromatic amines is 1. The maximum atomic E-state index is 12.3. The second-order valence-electron chi connectivity index (χ2n) is 6.63. The molecule has 1 amide bonds. The van der Waals surface area contributed by atoms with E-state index in [0.717, 1.165) is 11.1 Å². The number of hydrogen-bond acceptors (Lipinski definition) is 7. The summed E-state index contributed by atoms with van der Waals surface area (Å²) in [6.45, 7) is 3.57. The first kappa shape index (κ1) is 19.4. The van der Waals surface area contributed by atoms with Crippen LogP contribution in [0.5, 0.6) is 0 Å². The van der Waals surface area contributed by atoms with Gasteiger partial charge >= 0.3 is 0 Å². The van der Waals surface area contributed by atoms with Gasteiger partial charge in [-0.2, -0.15) is 10.1 Å². The van der Waals surface area contributed by atoms with Crippen molar-refractivity contribution in [2.45, 2.75) is 13.5 Å². The van der Waals surface area contributed by atoms with Crippen molar-refractivity contribution in [1.82, 2.24) is 30.1 Å². The van der Waals surface area contributed by atoms with E-state index in [9.17, 15) is 9.59 Å². The van der Waals surface area contributed by atoms with E-state index in [4.69, 9.17) is 4.52 Å². The molecule has 0 radical (unpaired) electrons. The number of likely N-dealkylation sites (N-methyl/N-ethyl adjacent to an activating group) is 2.